The number of hydrogen-bond acceptors (Lipinski definition) is 5. The first-order valence-corrected chi connectivity index (χ1v) is 8.54. The Morgan fingerprint density at radius 3 is 2.71 bits per heavy atom. The summed E-state index contributed by atoms with van der Waals surface area (Å²) in [5, 5.41) is 13.8. The predicted octanol–water partition coefficient (Wildman–Crippen LogP) is 4.37. The summed E-state index contributed by atoms with van der Waals surface area (Å²) in [4.78, 5) is 27.8. The minimum atomic E-state index is -0.536. The lowest BCUT2D eigenvalue weighted by Crippen LogP contribution is -2.14. The summed E-state index contributed by atoms with van der Waals surface area (Å²) in [5.41, 5.74) is 2.14. The first-order chi connectivity index (χ1) is 13.4. The summed E-state index contributed by atoms with van der Waals surface area (Å²) < 4.78 is 7.45. The third-order valence-corrected chi connectivity index (χ3v) is 4.29. The van der Waals surface area contributed by atoms with Crippen LogP contribution in [0.4, 0.5) is 11.5 Å². The molecule has 0 bridgehead atoms. The molecule has 140 valence electrons. The van der Waals surface area contributed by atoms with Crippen LogP contribution in [-0.4, -0.2) is 20.2 Å². The van der Waals surface area contributed by atoms with Gasteiger partial charge in [-0.25, -0.2) is 4.98 Å². The SMILES string of the molecule is Cc1ccc2nc(-c3ccc(C)o3)c(NC(=O)c3cccc([N+](=O)[O-])c3)n2c1. The fraction of sp³-hybridized carbons (Fsp3) is 0.100. The molecule has 0 radical (unpaired) electrons. The number of aryl methyl sites for hydroxylation is 2. The maximum Gasteiger partial charge on any atom is 0.270 e. The molecule has 0 unspecified atom stereocenters. The van der Waals surface area contributed by atoms with Gasteiger partial charge < -0.3 is 9.73 Å². The average Bonchev–Trinajstić information content (AvgIpc) is 3.25. The summed E-state index contributed by atoms with van der Waals surface area (Å²) in [5.74, 6) is 1.20. The molecule has 0 aliphatic heterocycles. The lowest BCUT2D eigenvalue weighted by atomic mass is 10.2. The highest BCUT2D eigenvalue weighted by Crippen LogP contribution is 2.31. The fourth-order valence-corrected chi connectivity index (χ4v) is 2.94. The largest absolute Gasteiger partial charge is 0.460 e. The molecule has 3 aromatic heterocycles. The quantitative estimate of drug-likeness (QED) is 0.421. The molecule has 3 heterocycles. The number of aromatic nitrogens is 2. The van der Waals surface area contributed by atoms with Crippen LogP contribution < -0.4 is 5.32 Å². The Bertz CT molecular complexity index is 1220. The van der Waals surface area contributed by atoms with Crippen LogP contribution in [0.15, 0.2) is 59.1 Å². The number of pyridine rings is 1. The van der Waals surface area contributed by atoms with Gasteiger partial charge in [-0.2, -0.15) is 0 Å². The zero-order chi connectivity index (χ0) is 19.8. The molecule has 1 N–H and O–H groups in total. The van der Waals surface area contributed by atoms with Crippen molar-refractivity contribution in [2.24, 2.45) is 0 Å². The Morgan fingerprint density at radius 2 is 2.00 bits per heavy atom. The predicted molar refractivity (Wildman–Crippen MR) is 103 cm³/mol. The molecule has 1 aromatic carbocycles. The molecule has 28 heavy (non-hydrogen) atoms. The number of non-ortho nitro benzene ring substituents is 1. The van der Waals surface area contributed by atoms with E-state index in [-0.39, 0.29) is 11.3 Å². The van der Waals surface area contributed by atoms with Gasteiger partial charge in [0.15, 0.2) is 5.76 Å². The molecule has 0 spiro atoms. The highest BCUT2D eigenvalue weighted by atomic mass is 16.6. The second-order valence-corrected chi connectivity index (χ2v) is 6.42. The molecule has 0 saturated carbocycles. The van der Waals surface area contributed by atoms with Gasteiger partial charge in [-0.1, -0.05) is 12.1 Å². The number of hydrogen-bond donors (Lipinski definition) is 1. The molecule has 4 rings (SSSR count). The van der Waals surface area contributed by atoms with Crippen LogP contribution in [0.3, 0.4) is 0 Å². The van der Waals surface area contributed by atoms with Gasteiger partial charge in [-0.05, 0) is 43.7 Å². The topological polar surface area (TPSA) is 103 Å². The lowest BCUT2D eigenvalue weighted by molar-refractivity contribution is -0.384. The van der Waals surface area contributed by atoms with E-state index in [4.69, 9.17) is 4.42 Å². The Morgan fingerprint density at radius 1 is 1.18 bits per heavy atom. The van der Waals surface area contributed by atoms with Crippen molar-refractivity contribution < 1.29 is 14.1 Å². The van der Waals surface area contributed by atoms with Gasteiger partial charge >= 0.3 is 0 Å². The van der Waals surface area contributed by atoms with Crippen molar-refractivity contribution in [1.82, 2.24) is 9.38 Å². The molecular weight excluding hydrogens is 360 g/mol. The standard InChI is InChI=1S/C20H16N4O4/c1-12-6-9-17-21-18(16-8-7-13(2)28-16)19(23(17)11-12)22-20(25)14-4-3-5-15(10-14)24(26)27/h3-11H,1-2H3,(H,22,25). The highest BCUT2D eigenvalue weighted by Gasteiger charge is 2.20. The summed E-state index contributed by atoms with van der Waals surface area (Å²) >= 11 is 0. The van der Waals surface area contributed by atoms with Gasteiger partial charge in [-0.15, -0.1) is 0 Å². The van der Waals surface area contributed by atoms with Gasteiger partial charge in [0.1, 0.15) is 22.9 Å². The highest BCUT2D eigenvalue weighted by molar-refractivity contribution is 6.06. The van der Waals surface area contributed by atoms with Crippen LogP contribution in [0.1, 0.15) is 21.7 Å². The number of nitrogens with one attached hydrogen (secondary N) is 1. The minimum absolute atomic E-state index is 0.150. The van der Waals surface area contributed by atoms with Crippen molar-refractivity contribution in [2.75, 3.05) is 5.32 Å². The van der Waals surface area contributed by atoms with Crippen molar-refractivity contribution in [1.29, 1.82) is 0 Å². The summed E-state index contributed by atoms with van der Waals surface area (Å²) in [6.45, 7) is 3.76. The van der Waals surface area contributed by atoms with Crippen LogP contribution in [0.5, 0.6) is 0 Å². The van der Waals surface area contributed by atoms with Crippen molar-refractivity contribution in [3.05, 3.63) is 81.7 Å². The smallest absolute Gasteiger partial charge is 0.270 e. The summed E-state index contributed by atoms with van der Waals surface area (Å²) in [6.07, 6.45) is 1.85. The number of nitrogens with zero attached hydrogens (tertiary/aromatic N) is 3. The van der Waals surface area contributed by atoms with Crippen LogP contribution in [-0.2, 0) is 0 Å². The Hall–Kier alpha value is -3.94. The molecule has 8 heteroatoms. The average molecular weight is 376 g/mol. The number of amides is 1. The first-order valence-electron chi connectivity index (χ1n) is 8.54. The van der Waals surface area contributed by atoms with E-state index in [1.54, 1.807) is 10.5 Å². The number of imidazole rings is 1. The van der Waals surface area contributed by atoms with Crippen LogP contribution in [0.25, 0.3) is 17.1 Å². The van der Waals surface area contributed by atoms with Gasteiger partial charge in [0.25, 0.3) is 11.6 Å². The van der Waals surface area contributed by atoms with Crippen LogP contribution in [0.2, 0.25) is 0 Å². The number of rotatable bonds is 4. The third kappa shape index (κ3) is 3.11. The van der Waals surface area contributed by atoms with E-state index < -0.39 is 10.8 Å². The van der Waals surface area contributed by atoms with E-state index in [0.717, 1.165) is 11.3 Å². The monoisotopic (exact) mass is 376 g/mol. The number of nitro groups is 1. The van der Waals surface area contributed by atoms with Gasteiger partial charge in [-0.3, -0.25) is 19.3 Å². The van der Waals surface area contributed by atoms with Crippen LogP contribution in [0, 0.1) is 24.0 Å². The van der Waals surface area contributed by atoms with E-state index in [2.05, 4.69) is 10.3 Å². The maximum absolute atomic E-state index is 12.8. The molecule has 0 aliphatic carbocycles. The van der Waals surface area contributed by atoms with Gasteiger partial charge in [0.2, 0.25) is 0 Å². The van der Waals surface area contributed by atoms with Crippen LogP contribution >= 0.6 is 0 Å². The number of benzene rings is 1. The van der Waals surface area contributed by atoms with Crippen molar-refractivity contribution in [3.63, 3.8) is 0 Å². The second kappa shape index (κ2) is 6.66. The minimum Gasteiger partial charge on any atom is -0.460 e. The number of carbonyl (C=O) groups is 1. The molecule has 4 aromatic rings. The molecule has 0 fully saturated rings. The zero-order valence-electron chi connectivity index (χ0n) is 15.2. The number of fused-ring (bicyclic) bond motifs is 1. The van der Waals surface area contributed by atoms with Crippen molar-refractivity contribution >= 4 is 23.1 Å². The van der Waals surface area contributed by atoms with E-state index in [1.807, 2.05) is 38.2 Å². The molecule has 0 atom stereocenters. The van der Waals surface area contributed by atoms with E-state index in [9.17, 15) is 14.9 Å². The molecule has 8 nitrogen and oxygen atoms in total. The van der Waals surface area contributed by atoms with Crippen molar-refractivity contribution in [3.8, 4) is 11.5 Å². The Labute approximate surface area is 159 Å². The van der Waals surface area contributed by atoms with E-state index in [0.29, 0.717) is 22.9 Å². The lowest BCUT2D eigenvalue weighted by Gasteiger charge is -2.07. The normalized spacial score (nSPS) is 10.9. The molecule has 0 saturated heterocycles. The first kappa shape index (κ1) is 17.5. The number of carbonyl (C=O) groups excluding carboxylic acids is 1. The second-order valence-electron chi connectivity index (χ2n) is 6.42. The number of anilines is 1. The molecule has 0 aliphatic rings. The number of nitro benzene ring substituents is 1. The zero-order valence-corrected chi connectivity index (χ0v) is 15.2. The van der Waals surface area contributed by atoms with Crippen molar-refractivity contribution in [2.45, 2.75) is 13.8 Å². The van der Waals surface area contributed by atoms with E-state index >= 15 is 0 Å². The number of furan rings is 1. The van der Waals surface area contributed by atoms with E-state index in [1.165, 1.54) is 24.3 Å². The fourth-order valence-electron chi connectivity index (χ4n) is 2.94. The molecule has 1 amide bonds. The van der Waals surface area contributed by atoms with Gasteiger partial charge in [0.05, 0.1) is 4.92 Å². The summed E-state index contributed by atoms with van der Waals surface area (Å²) in [6, 6.07) is 12.9. The Balaban J connectivity index is 1.81. The Kier molecular flexibility index (Phi) is 4.15. The summed E-state index contributed by atoms with van der Waals surface area (Å²) in [7, 11) is 0. The van der Waals surface area contributed by atoms with Gasteiger partial charge in [0, 0.05) is 23.9 Å². The third-order valence-electron chi connectivity index (χ3n) is 4.29. The maximum atomic E-state index is 12.8. The molecular formula is C20H16N4O4.